The summed E-state index contributed by atoms with van der Waals surface area (Å²) in [7, 11) is 3.22. The van der Waals surface area contributed by atoms with Crippen molar-refractivity contribution in [1.29, 1.82) is 0 Å². The van der Waals surface area contributed by atoms with Crippen LogP contribution in [0.5, 0.6) is 11.5 Å². The molecule has 0 unspecified atom stereocenters. The molecule has 0 saturated heterocycles. The summed E-state index contributed by atoms with van der Waals surface area (Å²) in [6.45, 7) is 2.11. The van der Waals surface area contributed by atoms with Gasteiger partial charge in [-0.15, -0.1) is 0 Å². The van der Waals surface area contributed by atoms with Crippen LogP contribution >= 0.6 is 0 Å². The molecule has 3 aromatic rings. The molecule has 0 spiro atoms. The number of carbonyl (C=O) groups excluding carboxylic acids is 1. The Morgan fingerprint density at radius 2 is 1.75 bits per heavy atom. The molecular formula is C21H22N4O3. The van der Waals surface area contributed by atoms with Gasteiger partial charge in [0.1, 0.15) is 18.0 Å². The van der Waals surface area contributed by atoms with E-state index in [1.807, 2.05) is 30.3 Å². The molecule has 0 amide bonds. The maximum Gasteiger partial charge on any atom is 0.161 e. The number of ether oxygens (including phenoxy) is 2. The second-order valence-electron chi connectivity index (χ2n) is 6.09. The van der Waals surface area contributed by atoms with E-state index in [-0.39, 0.29) is 5.78 Å². The lowest BCUT2D eigenvalue weighted by Crippen LogP contribution is -2.04. The molecule has 7 nitrogen and oxygen atoms in total. The summed E-state index contributed by atoms with van der Waals surface area (Å²) in [6.07, 6.45) is 1.48. The number of nitrogens with zero attached hydrogens (tertiary/aromatic N) is 2. The highest BCUT2D eigenvalue weighted by molar-refractivity contribution is 5.95. The first-order valence-corrected chi connectivity index (χ1v) is 8.74. The first-order valence-electron chi connectivity index (χ1n) is 8.74. The zero-order chi connectivity index (χ0) is 19.9. The number of carbonyl (C=O) groups is 1. The number of aromatic nitrogens is 2. The number of anilines is 3. The molecule has 0 aliphatic rings. The third-order valence-electron chi connectivity index (χ3n) is 4.13. The Morgan fingerprint density at radius 3 is 2.50 bits per heavy atom. The van der Waals surface area contributed by atoms with E-state index in [4.69, 9.17) is 9.47 Å². The Balaban J connectivity index is 1.68. The van der Waals surface area contributed by atoms with Gasteiger partial charge in [0.2, 0.25) is 0 Å². The van der Waals surface area contributed by atoms with E-state index in [1.54, 1.807) is 39.3 Å². The van der Waals surface area contributed by atoms with Crippen LogP contribution < -0.4 is 20.1 Å². The highest BCUT2D eigenvalue weighted by atomic mass is 16.5. The highest BCUT2D eigenvalue weighted by Crippen LogP contribution is 2.28. The topological polar surface area (TPSA) is 85.4 Å². The summed E-state index contributed by atoms with van der Waals surface area (Å²) in [5.41, 5.74) is 2.46. The summed E-state index contributed by atoms with van der Waals surface area (Å²) in [5.74, 6) is 2.69. The number of benzene rings is 2. The highest BCUT2D eigenvalue weighted by Gasteiger charge is 2.06. The van der Waals surface area contributed by atoms with Crippen LogP contribution in [-0.4, -0.2) is 30.0 Å². The van der Waals surface area contributed by atoms with E-state index < -0.39 is 0 Å². The van der Waals surface area contributed by atoms with Crippen LogP contribution in [0.4, 0.5) is 17.3 Å². The number of nitrogens with one attached hydrogen (secondary N) is 2. The first kappa shape index (κ1) is 19.2. The van der Waals surface area contributed by atoms with Gasteiger partial charge >= 0.3 is 0 Å². The second-order valence-corrected chi connectivity index (χ2v) is 6.09. The van der Waals surface area contributed by atoms with Crippen molar-refractivity contribution in [3.63, 3.8) is 0 Å². The van der Waals surface area contributed by atoms with Crippen LogP contribution in [0.2, 0.25) is 0 Å². The molecule has 0 atom stereocenters. The normalized spacial score (nSPS) is 10.2. The number of methoxy groups -OCH3 is 2. The molecular weight excluding hydrogens is 356 g/mol. The van der Waals surface area contributed by atoms with Crippen LogP contribution in [0, 0.1) is 0 Å². The Kier molecular flexibility index (Phi) is 6.06. The SMILES string of the molecule is COc1ccc(CNc2cc(Nc3cccc(C(C)=O)c3)ncn2)cc1OC. The van der Waals surface area contributed by atoms with E-state index in [9.17, 15) is 4.79 Å². The van der Waals surface area contributed by atoms with E-state index in [0.29, 0.717) is 35.2 Å². The summed E-state index contributed by atoms with van der Waals surface area (Å²) in [4.78, 5) is 20.0. The van der Waals surface area contributed by atoms with Crippen LogP contribution in [0.25, 0.3) is 0 Å². The minimum absolute atomic E-state index is 0.0172. The lowest BCUT2D eigenvalue weighted by atomic mass is 10.1. The standard InChI is InChI=1S/C21H22N4O3/c1-14(26)16-5-4-6-17(10-16)25-21-11-20(23-13-24-21)22-12-15-7-8-18(27-2)19(9-15)28-3/h4-11,13H,12H2,1-3H3,(H2,22,23,24,25). The fourth-order valence-corrected chi connectivity index (χ4v) is 2.67. The largest absolute Gasteiger partial charge is 0.493 e. The minimum atomic E-state index is 0.0172. The molecule has 0 aliphatic carbocycles. The van der Waals surface area contributed by atoms with Gasteiger partial charge in [-0.25, -0.2) is 9.97 Å². The van der Waals surface area contributed by atoms with Crippen molar-refractivity contribution < 1.29 is 14.3 Å². The molecule has 144 valence electrons. The Labute approximate surface area is 163 Å². The zero-order valence-corrected chi connectivity index (χ0v) is 16.0. The molecule has 2 aromatic carbocycles. The zero-order valence-electron chi connectivity index (χ0n) is 16.0. The molecule has 0 bridgehead atoms. The molecule has 7 heteroatoms. The first-order chi connectivity index (χ1) is 13.6. The Bertz CT molecular complexity index is 975. The number of hydrogen-bond acceptors (Lipinski definition) is 7. The third-order valence-corrected chi connectivity index (χ3v) is 4.13. The van der Waals surface area contributed by atoms with E-state index in [0.717, 1.165) is 11.3 Å². The lowest BCUT2D eigenvalue weighted by molar-refractivity contribution is 0.101. The fraction of sp³-hybridized carbons (Fsp3) is 0.190. The molecule has 1 aromatic heterocycles. The average Bonchev–Trinajstić information content (AvgIpc) is 2.72. The summed E-state index contributed by atoms with van der Waals surface area (Å²) in [6, 6.07) is 14.8. The third kappa shape index (κ3) is 4.76. The maximum atomic E-state index is 11.5. The van der Waals surface area contributed by atoms with E-state index in [2.05, 4.69) is 20.6 Å². The Morgan fingerprint density at radius 1 is 0.964 bits per heavy atom. The van der Waals surface area contributed by atoms with Crippen molar-refractivity contribution in [2.75, 3.05) is 24.9 Å². The van der Waals surface area contributed by atoms with Crippen molar-refractivity contribution in [3.05, 3.63) is 66.0 Å². The van der Waals surface area contributed by atoms with Crippen molar-refractivity contribution in [1.82, 2.24) is 9.97 Å². The van der Waals surface area contributed by atoms with Crippen molar-refractivity contribution in [3.8, 4) is 11.5 Å². The summed E-state index contributed by atoms with van der Waals surface area (Å²) >= 11 is 0. The predicted octanol–water partition coefficient (Wildman–Crippen LogP) is 4.05. The molecule has 0 fully saturated rings. The molecule has 2 N–H and O–H groups in total. The van der Waals surface area contributed by atoms with Crippen molar-refractivity contribution >= 4 is 23.1 Å². The molecule has 0 radical (unpaired) electrons. The number of rotatable bonds is 8. The number of Topliss-reactive ketones (excluding diaryl/α,β-unsaturated/α-hetero) is 1. The van der Waals surface area contributed by atoms with Gasteiger partial charge in [0, 0.05) is 23.9 Å². The molecule has 0 aliphatic heterocycles. The lowest BCUT2D eigenvalue weighted by Gasteiger charge is -2.11. The monoisotopic (exact) mass is 378 g/mol. The molecule has 28 heavy (non-hydrogen) atoms. The molecule has 0 saturated carbocycles. The van der Waals surface area contributed by atoms with Gasteiger partial charge in [-0.3, -0.25) is 4.79 Å². The number of ketones is 1. The maximum absolute atomic E-state index is 11.5. The fourth-order valence-electron chi connectivity index (χ4n) is 2.67. The van der Waals surface area contributed by atoms with Crippen LogP contribution in [0.3, 0.4) is 0 Å². The van der Waals surface area contributed by atoms with Crippen LogP contribution in [0.1, 0.15) is 22.8 Å². The average molecular weight is 378 g/mol. The van der Waals surface area contributed by atoms with Crippen molar-refractivity contribution in [2.24, 2.45) is 0 Å². The van der Waals surface area contributed by atoms with Gasteiger partial charge in [0.05, 0.1) is 14.2 Å². The van der Waals surface area contributed by atoms with Crippen molar-refractivity contribution in [2.45, 2.75) is 13.5 Å². The van der Waals surface area contributed by atoms with Gasteiger partial charge < -0.3 is 20.1 Å². The van der Waals surface area contributed by atoms with Gasteiger partial charge in [-0.1, -0.05) is 18.2 Å². The predicted molar refractivity (Wildman–Crippen MR) is 109 cm³/mol. The summed E-state index contributed by atoms with van der Waals surface area (Å²) in [5, 5.41) is 6.46. The number of hydrogen-bond donors (Lipinski definition) is 2. The summed E-state index contributed by atoms with van der Waals surface area (Å²) < 4.78 is 10.6. The smallest absolute Gasteiger partial charge is 0.161 e. The minimum Gasteiger partial charge on any atom is -0.493 e. The van der Waals surface area contributed by atoms with Gasteiger partial charge in [0.25, 0.3) is 0 Å². The van der Waals surface area contributed by atoms with Gasteiger partial charge in [0.15, 0.2) is 17.3 Å². The van der Waals surface area contributed by atoms with E-state index in [1.165, 1.54) is 6.33 Å². The van der Waals surface area contributed by atoms with E-state index >= 15 is 0 Å². The van der Waals surface area contributed by atoms with Crippen LogP contribution in [0.15, 0.2) is 54.9 Å². The quantitative estimate of drug-likeness (QED) is 0.572. The second kappa shape index (κ2) is 8.85. The molecule has 1 heterocycles. The molecule has 3 rings (SSSR count). The van der Waals surface area contributed by atoms with Crippen LogP contribution in [-0.2, 0) is 6.54 Å². The van der Waals surface area contributed by atoms with Gasteiger partial charge in [-0.2, -0.15) is 0 Å². The van der Waals surface area contributed by atoms with Gasteiger partial charge in [-0.05, 0) is 36.8 Å². The Hall–Kier alpha value is -3.61.